The van der Waals surface area contributed by atoms with Crippen molar-refractivity contribution < 1.29 is 0 Å². The van der Waals surface area contributed by atoms with Crippen molar-refractivity contribution in [3.8, 4) is 0 Å². The topological polar surface area (TPSA) is 15.6 Å². The SMILES string of the molecule is CC1=C(c2ccccc2)SC2=N[C@H]3CCCC[C@@H]3N21. The van der Waals surface area contributed by atoms with Crippen LogP contribution in [0.5, 0.6) is 0 Å². The van der Waals surface area contributed by atoms with Crippen molar-refractivity contribution in [1.29, 1.82) is 0 Å². The van der Waals surface area contributed by atoms with E-state index in [2.05, 4.69) is 42.2 Å². The summed E-state index contributed by atoms with van der Waals surface area (Å²) >= 11 is 1.86. The number of aliphatic imine (C=N–C) groups is 1. The molecule has 2 aliphatic heterocycles. The third-order valence-corrected chi connectivity index (χ3v) is 5.65. The minimum Gasteiger partial charge on any atom is -0.319 e. The fourth-order valence-corrected chi connectivity index (χ4v) is 4.73. The number of hydrogen-bond acceptors (Lipinski definition) is 3. The van der Waals surface area contributed by atoms with Gasteiger partial charge in [-0.3, -0.25) is 4.99 Å². The van der Waals surface area contributed by atoms with Crippen LogP contribution in [0, 0.1) is 0 Å². The summed E-state index contributed by atoms with van der Waals surface area (Å²) in [5, 5.41) is 1.24. The Balaban J connectivity index is 1.71. The van der Waals surface area contributed by atoms with E-state index in [0.29, 0.717) is 12.1 Å². The molecule has 1 fully saturated rings. The highest BCUT2D eigenvalue weighted by Gasteiger charge is 2.42. The van der Waals surface area contributed by atoms with Gasteiger partial charge in [-0.15, -0.1) is 0 Å². The maximum Gasteiger partial charge on any atom is 0.169 e. The second-order valence-corrected chi connectivity index (χ2v) is 6.56. The van der Waals surface area contributed by atoms with E-state index in [1.54, 1.807) is 0 Å². The van der Waals surface area contributed by atoms with Gasteiger partial charge in [0, 0.05) is 10.6 Å². The lowest BCUT2D eigenvalue weighted by Gasteiger charge is -2.31. The molecule has 2 atom stereocenters. The third kappa shape index (κ3) is 1.75. The smallest absolute Gasteiger partial charge is 0.169 e. The first-order valence-corrected chi connectivity index (χ1v) is 7.97. The summed E-state index contributed by atoms with van der Waals surface area (Å²) in [6.45, 7) is 2.26. The highest BCUT2D eigenvalue weighted by molar-refractivity contribution is 8.22. The van der Waals surface area contributed by atoms with E-state index in [0.717, 1.165) is 0 Å². The van der Waals surface area contributed by atoms with Gasteiger partial charge < -0.3 is 4.90 Å². The monoisotopic (exact) mass is 270 g/mol. The average molecular weight is 270 g/mol. The van der Waals surface area contributed by atoms with E-state index in [9.17, 15) is 0 Å². The van der Waals surface area contributed by atoms with E-state index in [-0.39, 0.29) is 0 Å². The van der Waals surface area contributed by atoms with E-state index < -0.39 is 0 Å². The molecule has 0 unspecified atom stereocenters. The lowest BCUT2D eigenvalue weighted by Crippen LogP contribution is -2.37. The van der Waals surface area contributed by atoms with Crippen LogP contribution in [0.2, 0.25) is 0 Å². The van der Waals surface area contributed by atoms with Crippen molar-refractivity contribution in [2.75, 3.05) is 0 Å². The summed E-state index contributed by atoms with van der Waals surface area (Å²) < 4.78 is 0. The maximum atomic E-state index is 4.96. The molecule has 2 heterocycles. The molecule has 0 aromatic heterocycles. The van der Waals surface area contributed by atoms with Gasteiger partial charge >= 0.3 is 0 Å². The number of allylic oxidation sites excluding steroid dienone is 1. The van der Waals surface area contributed by atoms with Crippen LogP contribution < -0.4 is 0 Å². The molecule has 98 valence electrons. The van der Waals surface area contributed by atoms with Crippen molar-refractivity contribution in [2.45, 2.75) is 44.7 Å². The molecule has 0 saturated heterocycles. The first-order chi connectivity index (χ1) is 9.34. The second-order valence-electron chi connectivity index (χ2n) is 5.58. The summed E-state index contributed by atoms with van der Waals surface area (Å²) in [6, 6.07) is 11.9. The number of nitrogens with zero attached hydrogens (tertiary/aromatic N) is 2. The number of thioether (sulfide) groups is 1. The molecule has 1 aliphatic carbocycles. The van der Waals surface area contributed by atoms with Gasteiger partial charge in [-0.1, -0.05) is 43.2 Å². The molecule has 1 aromatic carbocycles. The van der Waals surface area contributed by atoms with Crippen molar-refractivity contribution in [1.82, 2.24) is 4.90 Å². The van der Waals surface area contributed by atoms with Gasteiger partial charge in [0.2, 0.25) is 0 Å². The van der Waals surface area contributed by atoms with Crippen molar-refractivity contribution in [2.24, 2.45) is 4.99 Å². The summed E-state index contributed by atoms with van der Waals surface area (Å²) in [6.07, 6.45) is 5.29. The van der Waals surface area contributed by atoms with Gasteiger partial charge in [-0.05, 0) is 37.1 Å². The lowest BCUT2D eigenvalue weighted by atomic mass is 9.90. The van der Waals surface area contributed by atoms with Crippen LogP contribution in [0.1, 0.15) is 38.2 Å². The fourth-order valence-electron chi connectivity index (χ4n) is 3.49. The predicted octanol–water partition coefficient (Wildman–Crippen LogP) is 4.10. The van der Waals surface area contributed by atoms with Crippen LogP contribution in [0.3, 0.4) is 0 Å². The molecule has 19 heavy (non-hydrogen) atoms. The normalized spacial score (nSPS) is 29.3. The molecule has 0 spiro atoms. The van der Waals surface area contributed by atoms with Crippen LogP contribution in [-0.2, 0) is 0 Å². The molecule has 4 rings (SSSR count). The second kappa shape index (κ2) is 4.41. The number of benzene rings is 1. The molecule has 0 N–H and O–H groups in total. The molecular weight excluding hydrogens is 252 g/mol. The number of fused-ring (bicyclic) bond motifs is 3. The Morgan fingerprint density at radius 3 is 2.79 bits per heavy atom. The zero-order chi connectivity index (χ0) is 12.8. The summed E-state index contributed by atoms with van der Waals surface area (Å²) in [7, 11) is 0. The molecule has 3 aliphatic rings. The van der Waals surface area contributed by atoms with E-state index >= 15 is 0 Å². The van der Waals surface area contributed by atoms with Crippen LogP contribution in [0.4, 0.5) is 0 Å². The highest BCUT2D eigenvalue weighted by Crippen LogP contribution is 2.47. The largest absolute Gasteiger partial charge is 0.319 e. The van der Waals surface area contributed by atoms with Gasteiger partial charge in [-0.2, -0.15) is 0 Å². The molecule has 3 heteroatoms. The van der Waals surface area contributed by atoms with Crippen LogP contribution in [-0.4, -0.2) is 22.2 Å². The van der Waals surface area contributed by atoms with Gasteiger partial charge in [0.25, 0.3) is 0 Å². The minimum absolute atomic E-state index is 0.559. The maximum absolute atomic E-state index is 4.96. The molecule has 1 saturated carbocycles. The van der Waals surface area contributed by atoms with Crippen LogP contribution in [0.15, 0.2) is 41.0 Å². The Labute approximate surface area is 118 Å². The number of hydrogen-bond donors (Lipinski definition) is 0. The van der Waals surface area contributed by atoms with Gasteiger partial charge in [-0.25, -0.2) is 0 Å². The van der Waals surface area contributed by atoms with Gasteiger partial charge in [0.05, 0.1) is 12.1 Å². The molecule has 0 radical (unpaired) electrons. The molecule has 2 nitrogen and oxygen atoms in total. The molecule has 0 amide bonds. The fraction of sp³-hybridized carbons (Fsp3) is 0.438. The number of amidine groups is 1. The Hall–Kier alpha value is -1.22. The van der Waals surface area contributed by atoms with Crippen LogP contribution >= 0.6 is 11.8 Å². The van der Waals surface area contributed by atoms with Crippen molar-refractivity contribution in [3.05, 3.63) is 41.6 Å². The molecule has 0 bridgehead atoms. The van der Waals surface area contributed by atoms with Gasteiger partial charge in [0.1, 0.15) is 0 Å². The number of rotatable bonds is 1. The summed E-state index contributed by atoms with van der Waals surface area (Å²) in [4.78, 5) is 8.86. The summed E-state index contributed by atoms with van der Waals surface area (Å²) in [5.74, 6) is 0. The lowest BCUT2D eigenvalue weighted by molar-refractivity contribution is 0.285. The predicted molar refractivity (Wildman–Crippen MR) is 81.9 cm³/mol. The Morgan fingerprint density at radius 1 is 1.16 bits per heavy atom. The van der Waals surface area contributed by atoms with E-state index in [4.69, 9.17) is 4.99 Å². The Morgan fingerprint density at radius 2 is 1.95 bits per heavy atom. The highest BCUT2D eigenvalue weighted by atomic mass is 32.2. The zero-order valence-electron chi connectivity index (χ0n) is 11.2. The first-order valence-electron chi connectivity index (χ1n) is 7.16. The quantitative estimate of drug-likeness (QED) is 0.763. The van der Waals surface area contributed by atoms with Crippen LogP contribution in [0.25, 0.3) is 4.91 Å². The standard InChI is InChI=1S/C16H18N2S/c1-11-15(12-7-3-2-4-8-12)19-16-17-13-9-5-6-10-14(13)18(11)16/h2-4,7-8,13-14H,5-6,9-10H2,1H3/t13-,14-/m0/s1. The van der Waals surface area contributed by atoms with Gasteiger partial charge in [0.15, 0.2) is 5.17 Å². The molecule has 1 aromatic rings. The summed E-state index contributed by atoms with van der Waals surface area (Å²) in [5.41, 5.74) is 2.74. The van der Waals surface area contributed by atoms with Crippen molar-refractivity contribution in [3.63, 3.8) is 0 Å². The Kier molecular flexibility index (Phi) is 2.69. The van der Waals surface area contributed by atoms with E-state index in [1.807, 2.05) is 11.8 Å². The first kappa shape index (κ1) is 11.6. The van der Waals surface area contributed by atoms with Crippen molar-refractivity contribution >= 4 is 21.8 Å². The third-order valence-electron chi connectivity index (χ3n) is 4.43. The van der Waals surface area contributed by atoms with E-state index in [1.165, 1.54) is 47.0 Å². The average Bonchev–Trinajstić information content (AvgIpc) is 2.97. The minimum atomic E-state index is 0.559. The Bertz CT molecular complexity index is 561. The molecular formula is C16H18N2S. The zero-order valence-corrected chi connectivity index (χ0v) is 12.0.